The molecule has 1 atom stereocenters. The first-order valence-electron chi connectivity index (χ1n) is 10.9. The van der Waals surface area contributed by atoms with Crippen LogP contribution in [0.2, 0.25) is 0 Å². The van der Waals surface area contributed by atoms with E-state index >= 15 is 0 Å². The van der Waals surface area contributed by atoms with Crippen LogP contribution in [0.1, 0.15) is 43.7 Å². The number of hydrogen-bond donors (Lipinski definition) is 1. The third-order valence-electron chi connectivity index (χ3n) is 6.56. The standard InChI is InChI=1S/C24H27FN4O2/c1-3-17-22-26-21(9-13-28(22)2)29-12-5-4-6-19(29)18-14-16(25)7-8-20(18)31-15-24(10-11-24)27-23(17)30/h3,7-9,13-14,19H,1,4-6,10-12,15H2,2H3,(H,27,30)/b22-17+/t19-/m1/s1. The molecule has 1 aliphatic carbocycles. The number of carbonyl (C=O) groups is 1. The lowest BCUT2D eigenvalue weighted by molar-refractivity contribution is -0.118. The molecule has 1 spiro atoms. The highest BCUT2D eigenvalue weighted by atomic mass is 19.1. The first-order valence-corrected chi connectivity index (χ1v) is 10.9. The summed E-state index contributed by atoms with van der Waals surface area (Å²) < 4.78 is 20.5. The molecule has 1 N–H and O–H groups in total. The topological polar surface area (TPSA) is 57.2 Å². The molecule has 31 heavy (non-hydrogen) atoms. The van der Waals surface area contributed by atoms with Crippen molar-refractivity contribution in [3.8, 4) is 5.75 Å². The lowest BCUT2D eigenvalue weighted by Gasteiger charge is -2.39. The maximum atomic E-state index is 14.3. The number of nitrogens with zero attached hydrogens (tertiary/aromatic N) is 3. The van der Waals surface area contributed by atoms with Gasteiger partial charge in [-0.05, 0) is 56.4 Å². The third kappa shape index (κ3) is 3.62. The van der Waals surface area contributed by atoms with E-state index < -0.39 is 5.54 Å². The van der Waals surface area contributed by atoms with Crippen molar-refractivity contribution in [2.45, 2.75) is 43.7 Å². The molecule has 1 aromatic carbocycles. The predicted molar refractivity (Wildman–Crippen MR) is 117 cm³/mol. The van der Waals surface area contributed by atoms with Gasteiger partial charge in [-0.2, -0.15) is 0 Å². The van der Waals surface area contributed by atoms with Crippen molar-refractivity contribution in [1.82, 2.24) is 15.1 Å². The smallest absolute Gasteiger partial charge is 0.255 e. The number of hydrogen-bond acceptors (Lipinski definition) is 5. The summed E-state index contributed by atoms with van der Waals surface area (Å²) in [7, 11) is 1.87. The van der Waals surface area contributed by atoms with E-state index in [1.54, 1.807) is 18.2 Å². The zero-order valence-electron chi connectivity index (χ0n) is 17.7. The Morgan fingerprint density at radius 1 is 1.35 bits per heavy atom. The van der Waals surface area contributed by atoms with Crippen molar-refractivity contribution >= 4 is 11.7 Å². The summed E-state index contributed by atoms with van der Waals surface area (Å²) in [5.41, 5.74) is 0.866. The van der Waals surface area contributed by atoms with E-state index in [0.717, 1.165) is 50.0 Å². The van der Waals surface area contributed by atoms with Gasteiger partial charge in [0, 0.05) is 25.4 Å². The molecule has 0 unspecified atom stereocenters. The molecule has 162 valence electrons. The van der Waals surface area contributed by atoms with Crippen LogP contribution in [0.5, 0.6) is 5.75 Å². The molecule has 2 fully saturated rings. The van der Waals surface area contributed by atoms with Gasteiger partial charge in [-0.25, -0.2) is 9.38 Å². The van der Waals surface area contributed by atoms with Crippen molar-refractivity contribution < 1.29 is 13.9 Å². The maximum Gasteiger partial charge on any atom is 0.255 e. The molecule has 2 bridgehead atoms. The van der Waals surface area contributed by atoms with Gasteiger partial charge in [-0.3, -0.25) is 4.79 Å². The van der Waals surface area contributed by atoms with E-state index in [-0.39, 0.29) is 17.8 Å². The summed E-state index contributed by atoms with van der Waals surface area (Å²) in [6, 6.07) is 4.69. The Morgan fingerprint density at radius 3 is 2.97 bits per heavy atom. The number of rotatable bonds is 1. The van der Waals surface area contributed by atoms with Crippen LogP contribution in [0.4, 0.5) is 4.39 Å². The van der Waals surface area contributed by atoms with E-state index in [9.17, 15) is 9.18 Å². The van der Waals surface area contributed by atoms with Gasteiger partial charge in [0.05, 0.1) is 17.2 Å². The van der Waals surface area contributed by atoms with Crippen LogP contribution >= 0.6 is 0 Å². The summed E-state index contributed by atoms with van der Waals surface area (Å²) in [6.07, 6.45) is 10.1. The van der Waals surface area contributed by atoms with Crippen LogP contribution in [-0.4, -0.2) is 47.3 Å². The van der Waals surface area contributed by atoms with Crippen LogP contribution in [0.3, 0.4) is 0 Å². The molecule has 5 rings (SSSR count). The minimum Gasteiger partial charge on any atom is -0.491 e. The molecule has 6 nitrogen and oxygen atoms in total. The number of nitrogens with one attached hydrogen (secondary N) is 1. The van der Waals surface area contributed by atoms with Gasteiger partial charge in [0.25, 0.3) is 5.91 Å². The number of aliphatic imine (C=N–C) groups is 1. The molecule has 1 aromatic rings. The van der Waals surface area contributed by atoms with Crippen LogP contribution in [0.25, 0.3) is 0 Å². The molecular weight excluding hydrogens is 395 g/mol. The van der Waals surface area contributed by atoms with Crippen molar-refractivity contribution in [2.24, 2.45) is 4.99 Å². The predicted octanol–water partition coefficient (Wildman–Crippen LogP) is 3.65. The number of benzene rings is 1. The highest BCUT2D eigenvalue weighted by Gasteiger charge is 2.46. The van der Waals surface area contributed by atoms with E-state index in [4.69, 9.17) is 9.73 Å². The van der Waals surface area contributed by atoms with Gasteiger partial charge in [0.15, 0.2) is 0 Å². The monoisotopic (exact) mass is 422 g/mol. The SMILES string of the molecule is C=C/C1=C2/N=C(C=CN2C)N2CCCC[C@@H]2c2cc(F)ccc2OCC2(CC2)NC1=O. The van der Waals surface area contributed by atoms with Crippen molar-refractivity contribution in [3.05, 3.63) is 65.9 Å². The third-order valence-corrected chi connectivity index (χ3v) is 6.56. The number of amides is 1. The molecule has 4 aliphatic rings. The molecule has 0 radical (unpaired) electrons. The normalized spacial score (nSPS) is 27.0. The Bertz CT molecular complexity index is 1020. The van der Waals surface area contributed by atoms with Crippen LogP contribution in [0.15, 0.2) is 59.5 Å². The lowest BCUT2D eigenvalue weighted by Crippen LogP contribution is -2.42. The highest BCUT2D eigenvalue weighted by Crippen LogP contribution is 2.41. The Hall–Kier alpha value is -3.09. The Kier molecular flexibility index (Phi) is 4.84. The van der Waals surface area contributed by atoms with E-state index in [0.29, 0.717) is 23.8 Å². The number of piperidine rings is 1. The molecule has 7 heteroatoms. The summed E-state index contributed by atoms with van der Waals surface area (Å²) in [4.78, 5) is 22.1. The number of fused-ring (bicyclic) bond motifs is 5. The summed E-state index contributed by atoms with van der Waals surface area (Å²) in [5.74, 6) is 1.52. The molecule has 1 amide bonds. The molecule has 3 heterocycles. The lowest BCUT2D eigenvalue weighted by atomic mass is 9.94. The van der Waals surface area contributed by atoms with Crippen molar-refractivity contribution in [2.75, 3.05) is 20.2 Å². The molecular formula is C24H27FN4O2. The second-order valence-corrected chi connectivity index (χ2v) is 8.75. The van der Waals surface area contributed by atoms with E-state index in [1.165, 1.54) is 6.07 Å². The largest absolute Gasteiger partial charge is 0.491 e. The number of amidine groups is 1. The maximum absolute atomic E-state index is 14.3. The molecule has 0 aromatic heterocycles. The number of carbonyl (C=O) groups excluding carboxylic acids is 1. The van der Waals surface area contributed by atoms with Gasteiger partial charge in [-0.15, -0.1) is 0 Å². The quantitative estimate of drug-likeness (QED) is 0.751. The average molecular weight is 423 g/mol. The van der Waals surface area contributed by atoms with Gasteiger partial charge in [-0.1, -0.05) is 12.7 Å². The fraction of sp³-hybridized carbons (Fsp3) is 0.417. The highest BCUT2D eigenvalue weighted by molar-refractivity contribution is 6.00. The Labute approximate surface area is 181 Å². The Balaban J connectivity index is 1.67. The number of ether oxygens (including phenoxy) is 1. The average Bonchev–Trinajstić information content (AvgIpc) is 3.53. The fourth-order valence-electron chi connectivity index (χ4n) is 4.59. The minimum atomic E-state index is -0.409. The van der Waals surface area contributed by atoms with Crippen molar-refractivity contribution in [3.63, 3.8) is 0 Å². The first-order chi connectivity index (χ1) is 15.0. The molecule has 1 saturated carbocycles. The van der Waals surface area contributed by atoms with E-state index in [2.05, 4.69) is 16.8 Å². The van der Waals surface area contributed by atoms with Gasteiger partial charge in [0.2, 0.25) is 0 Å². The van der Waals surface area contributed by atoms with Crippen LogP contribution in [-0.2, 0) is 4.79 Å². The summed E-state index contributed by atoms with van der Waals surface area (Å²) in [6.45, 7) is 5.03. The second kappa shape index (κ2) is 7.55. The van der Waals surface area contributed by atoms with Gasteiger partial charge in [0.1, 0.15) is 29.8 Å². The Morgan fingerprint density at radius 2 is 2.19 bits per heavy atom. The molecule has 3 aliphatic heterocycles. The molecule has 1 saturated heterocycles. The van der Waals surface area contributed by atoms with Gasteiger partial charge < -0.3 is 19.9 Å². The zero-order valence-corrected chi connectivity index (χ0v) is 17.7. The summed E-state index contributed by atoms with van der Waals surface area (Å²) in [5, 5.41) is 3.13. The summed E-state index contributed by atoms with van der Waals surface area (Å²) >= 11 is 0. The van der Waals surface area contributed by atoms with Crippen molar-refractivity contribution in [1.29, 1.82) is 0 Å². The number of halogens is 1. The van der Waals surface area contributed by atoms with Crippen LogP contribution < -0.4 is 10.1 Å². The fourth-order valence-corrected chi connectivity index (χ4v) is 4.59. The van der Waals surface area contributed by atoms with Gasteiger partial charge >= 0.3 is 0 Å². The second-order valence-electron chi connectivity index (χ2n) is 8.75. The van der Waals surface area contributed by atoms with Crippen LogP contribution in [0, 0.1) is 5.82 Å². The minimum absolute atomic E-state index is 0.0424. The first kappa shape index (κ1) is 19.8. The van der Waals surface area contributed by atoms with E-state index in [1.807, 2.05) is 24.2 Å². The zero-order chi connectivity index (χ0) is 21.6.